The summed E-state index contributed by atoms with van der Waals surface area (Å²) in [6, 6.07) is 6.63. The van der Waals surface area contributed by atoms with Crippen molar-refractivity contribution in [1.29, 1.82) is 0 Å². The van der Waals surface area contributed by atoms with E-state index in [9.17, 15) is 4.39 Å². The number of alkyl halides is 1. The second kappa shape index (κ2) is 5.86. The summed E-state index contributed by atoms with van der Waals surface area (Å²) in [5.74, 6) is -0.243. The molecule has 90 valence electrons. The Kier molecular flexibility index (Phi) is 4.91. The molecular weight excluding hydrogens is 505 g/mol. The van der Waals surface area contributed by atoms with Gasteiger partial charge in [-0.1, -0.05) is 6.07 Å². The van der Waals surface area contributed by atoms with E-state index in [4.69, 9.17) is 11.6 Å². The minimum absolute atomic E-state index is 0.243. The molecule has 0 radical (unpaired) electrons. The van der Waals surface area contributed by atoms with Crippen molar-refractivity contribution in [2.45, 2.75) is 5.38 Å². The number of benzene rings is 1. The van der Waals surface area contributed by atoms with E-state index in [0.29, 0.717) is 0 Å². The van der Waals surface area contributed by atoms with Gasteiger partial charge in [0.15, 0.2) is 0 Å². The van der Waals surface area contributed by atoms with Crippen molar-refractivity contribution in [2.24, 2.45) is 0 Å². The van der Waals surface area contributed by atoms with Crippen LogP contribution in [0.2, 0.25) is 0 Å². The first kappa shape index (κ1) is 14.2. The molecule has 1 atom stereocenters. The highest BCUT2D eigenvalue weighted by Crippen LogP contribution is 2.41. The van der Waals surface area contributed by atoms with Gasteiger partial charge < -0.3 is 0 Å². The quantitative estimate of drug-likeness (QED) is 0.327. The molecule has 0 N–H and O–H groups in total. The Labute approximate surface area is 138 Å². The lowest BCUT2D eigenvalue weighted by molar-refractivity contribution is 0.626. The maximum Gasteiger partial charge on any atom is 0.124 e. The molecule has 0 aliphatic heterocycles. The molecule has 0 nitrogen and oxygen atoms in total. The van der Waals surface area contributed by atoms with Crippen LogP contribution in [-0.2, 0) is 0 Å². The molecule has 1 heterocycles. The van der Waals surface area contributed by atoms with Gasteiger partial charge in [0.2, 0.25) is 0 Å². The van der Waals surface area contributed by atoms with E-state index >= 15 is 0 Å². The van der Waals surface area contributed by atoms with Crippen molar-refractivity contribution in [3.63, 3.8) is 0 Å². The second-order valence-corrected chi connectivity index (χ2v) is 8.66. The third-order valence-corrected chi connectivity index (χ3v) is 5.98. The molecule has 1 aromatic heterocycles. The van der Waals surface area contributed by atoms with Gasteiger partial charge in [-0.05, 0) is 78.2 Å². The lowest BCUT2D eigenvalue weighted by Crippen LogP contribution is -1.96. The van der Waals surface area contributed by atoms with Crippen LogP contribution < -0.4 is 0 Å². The van der Waals surface area contributed by atoms with Gasteiger partial charge in [-0.3, -0.25) is 0 Å². The van der Waals surface area contributed by atoms with E-state index in [1.54, 1.807) is 17.4 Å². The van der Waals surface area contributed by atoms with Crippen LogP contribution in [0.5, 0.6) is 0 Å². The summed E-state index contributed by atoms with van der Waals surface area (Å²) in [5, 5.41) is -0.278. The summed E-state index contributed by atoms with van der Waals surface area (Å²) >= 11 is 17.0. The van der Waals surface area contributed by atoms with Crippen molar-refractivity contribution in [2.75, 3.05) is 0 Å². The Morgan fingerprint density at radius 1 is 1.24 bits per heavy atom. The van der Waals surface area contributed by atoms with Crippen LogP contribution in [-0.4, -0.2) is 0 Å². The lowest BCUT2D eigenvalue weighted by atomic mass is 10.1. The van der Waals surface area contributed by atoms with E-state index in [0.717, 1.165) is 22.3 Å². The number of hydrogen-bond acceptors (Lipinski definition) is 1. The Balaban J connectivity index is 2.43. The van der Waals surface area contributed by atoms with Gasteiger partial charge in [-0.2, -0.15) is 0 Å². The highest BCUT2D eigenvalue weighted by Gasteiger charge is 2.19. The molecule has 0 spiro atoms. The van der Waals surface area contributed by atoms with Crippen LogP contribution in [0, 0.1) is 9.39 Å². The number of thiophene rings is 1. The van der Waals surface area contributed by atoms with Crippen molar-refractivity contribution < 1.29 is 4.39 Å². The largest absolute Gasteiger partial charge is 0.207 e. The monoisotopic (exact) mass is 508 g/mol. The summed E-state index contributed by atoms with van der Waals surface area (Å²) in [7, 11) is 0. The molecule has 1 aromatic carbocycles. The molecule has 0 fully saturated rings. The molecule has 0 amide bonds. The third kappa shape index (κ3) is 3.23. The maximum absolute atomic E-state index is 13.0. The number of hydrogen-bond donors (Lipinski definition) is 0. The van der Waals surface area contributed by atoms with Crippen molar-refractivity contribution in [1.82, 2.24) is 0 Å². The predicted octanol–water partition coefficient (Wildman–Crippen LogP) is 6.35. The van der Waals surface area contributed by atoms with Crippen LogP contribution in [0.25, 0.3) is 0 Å². The first-order valence-corrected chi connectivity index (χ1v) is 8.44. The molecule has 0 bridgehead atoms. The van der Waals surface area contributed by atoms with Crippen LogP contribution in [0.15, 0.2) is 31.8 Å². The predicted molar refractivity (Wildman–Crippen MR) is 86.5 cm³/mol. The Bertz CT molecular complexity index is 558. The highest BCUT2D eigenvalue weighted by atomic mass is 127. The molecule has 0 aliphatic carbocycles. The van der Waals surface area contributed by atoms with Gasteiger partial charge in [0.05, 0.1) is 12.9 Å². The molecule has 6 heteroatoms. The summed E-state index contributed by atoms with van der Waals surface area (Å²) in [6.07, 6.45) is 0. The van der Waals surface area contributed by atoms with Gasteiger partial charge in [-0.15, -0.1) is 22.9 Å². The summed E-state index contributed by atoms with van der Waals surface area (Å²) < 4.78 is 15.9. The van der Waals surface area contributed by atoms with Crippen LogP contribution in [0.1, 0.15) is 16.5 Å². The minimum atomic E-state index is -0.278. The van der Waals surface area contributed by atoms with Crippen molar-refractivity contribution >= 4 is 77.4 Å². The Hall–Kier alpha value is 0.830. The zero-order valence-electron chi connectivity index (χ0n) is 8.18. The van der Waals surface area contributed by atoms with Gasteiger partial charge in [0.1, 0.15) is 5.82 Å². The smallest absolute Gasteiger partial charge is 0.124 e. The molecule has 0 aliphatic rings. The standard InChI is InChI=1S/C11H5Br2ClFIS/c12-9-4-7(11(13)17-9)10(14)6-2-1-5(15)3-8(6)16/h1-4,10H. The maximum atomic E-state index is 13.0. The topological polar surface area (TPSA) is 0 Å². The fraction of sp³-hybridized carbons (Fsp3) is 0.0909. The summed E-state index contributed by atoms with van der Waals surface area (Å²) in [4.78, 5) is 0. The SMILES string of the molecule is Fc1ccc(C(Cl)c2cc(Br)sc2Br)c(I)c1. The fourth-order valence-electron chi connectivity index (χ4n) is 1.40. The minimum Gasteiger partial charge on any atom is -0.207 e. The van der Waals surface area contributed by atoms with E-state index in [1.165, 1.54) is 12.1 Å². The van der Waals surface area contributed by atoms with Crippen LogP contribution in [0.3, 0.4) is 0 Å². The van der Waals surface area contributed by atoms with E-state index in [1.807, 2.05) is 6.07 Å². The molecule has 1 unspecified atom stereocenters. The molecule has 2 aromatic rings. The van der Waals surface area contributed by atoms with Crippen molar-refractivity contribution in [3.05, 3.63) is 52.4 Å². The first-order valence-electron chi connectivity index (χ1n) is 4.53. The van der Waals surface area contributed by atoms with Crippen molar-refractivity contribution in [3.8, 4) is 0 Å². The summed E-state index contributed by atoms with van der Waals surface area (Å²) in [5.41, 5.74) is 1.91. The van der Waals surface area contributed by atoms with E-state index in [-0.39, 0.29) is 11.2 Å². The molecule has 17 heavy (non-hydrogen) atoms. The van der Waals surface area contributed by atoms with Gasteiger partial charge in [0, 0.05) is 9.13 Å². The normalized spacial score (nSPS) is 12.8. The van der Waals surface area contributed by atoms with Gasteiger partial charge in [0.25, 0.3) is 0 Å². The van der Waals surface area contributed by atoms with Gasteiger partial charge in [-0.25, -0.2) is 4.39 Å². The van der Waals surface area contributed by atoms with Crippen LogP contribution >= 0.6 is 77.4 Å². The average molecular weight is 510 g/mol. The van der Waals surface area contributed by atoms with E-state index in [2.05, 4.69) is 54.5 Å². The van der Waals surface area contributed by atoms with Gasteiger partial charge >= 0.3 is 0 Å². The molecule has 0 saturated heterocycles. The second-order valence-electron chi connectivity index (χ2n) is 3.31. The average Bonchev–Trinajstić information content (AvgIpc) is 2.57. The molecular formula is C11H5Br2ClFIS. The van der Waals surface area contributed by atoms with E-state index < -0.39 is 0 Å². The Morgan fingerprint density at radius 3 is 2.47 bits per heavy atom. The zero-order chi connectivity index (χ0) is 12.6. The van der Waals surface area contributed by atoms with Crippen LogP contribution in [0.4, 0.5) is 4.39 Å². The number of halogens is 5. The third-order valence-electron chi connectivity index (χ3n) is 2.19. The molecule has 0 saturated carbocycles. The number of rotatable bonds is 2. The lowest BCUT2D eigenvalue weighted by Gasteiger charge is -2.11. The first-order chi connectivity index (χ1) is 7.99. The summed E-state index contributed by atoms with van der Waals surface area (Å²) in [6.45, 7) is 0. The molecule has 2 rings (SSSR count). The zero-order valence-corrected chi connectivity index (χ0v) is 15.1. The Morgan fingerprint density at radius 2 is 1.94 bits per heavy atom. The fourth-order valence-corrected chi connectivity index (χ4v) is 5.83. The highest BCUT2D eigenvalue weighted by molar-refractivity contribution is 14.1.